The quantitative estimate of drug-likeness (QED) is 0.136. The summed E-state index contributed by atoms with van der Waals surface area (Å²) in [6, 6.07) is 77.3. The molecular weight excluding hydrogens is 847 g/mol. The third-order valence-electron chi connectivity index (χ3n) is 13.6. The molecule has 10 aromatic carbocycles. The standard InChI is InChI=1S/C63H39N3O3/c67-61(40-25-31-46(32-26-40)64-55-19-7-1-13-49(55)50-14-2-8-20-56(50)64)43-37-44(62(68)41-27-33-47(34-28-41)65-57-21-9-3-15-51(57)52-16-4-10-22-58(52)65)39-45(38-43)63(69)42-29-35-48(36-30-42)66-59-23-11-5-17-53(59)54-18-6-12-24-60(54)66/h1-39H. The first-order valence-electron chi connectivity index (χ1n) is 23.0. The van der Waals surface area contributed by atoms with Crippen molar-refractivity contribution in [2.24, 2.45) is 0 Å². The molecule has 0 fully saturated rings. The maximum absolute atomic E-state index is 14.6. The summed E-state index contributed by atoms with van der Waals surface area (Å²) in [5.41, 5.74) is 11.2. The number of carbonyl (C=O) groups excluding carboxylic acids is 3. The van der Waals surface area contributed by atoms with E-state index in [4.69, 9.17) is 0 Å². The zero-order valence-electron chi connectivity index (χ0n) is 37.1. The van der Waals surface area contributed by atoms with Crippen molar-refractivity contribution in [2.75, 3.05) is 0 Å². The summed E-state index contributed by atoms with van der Waals surface area (Å²) >= 11 is 0. The van der Waals surface area contributed by atoms with Crippen LogP contribution in [-0.4, -0.2) is 31.1 Å². The van der Waals surface area contributed by atoms with Crippen LogP contribution in [0.2, 0.25) is 0 Å². The van der Waals surface area contributed by atoms with Gasteiger partial charge in [-0.15, -0.1) is 0 Å². The maximum Gasteiger partial charge on any atom is 0.193 e. The van der Waals surface area contributed by atoms with E-state index in [9.17, 15) is 14.4 Å². The molecule has 0 aliphatic carbocycles. The zero-order chi connectivity index (χ0) is 46.2. The van der Waals surface area contributed by atoms with Crippen molar-refractivity contribution < 1.29 is 14.4 Å². The Morgan fingerprint density at radius 1 is 0.217 bits per heavy atom. The second-order valence-electron chi connectivity index (χ2n) is 17.5. The number of para-hydroxylation sites is 6. The molecule has 6 nitrogen and oxygen atoms in total. The van der Waals surface area contributed by atoms with E-state index in [1.54, 1.807) is 18.2 Å². The molecule has 0 bridgehead atoms. The number of rotatable bonds is 9. The van der Waals surface area contributed by atoms with Gasteiger partial charge in [-0.1, -0.05) is 109 Å². The first-order valence-corrected chi connectivity index (χ1v) is 23.0. The Morgan fingerprint density at radius 3 is 0.609 bits per heavy atom. The van der Waals surface area contributed by atoms with E-state index in [-0.39, 0.29) is 34.0 Å². The van der Waals surface area contributed by atoms with Gasteiger partial charge in [0.15, 0.2) is 17.3 Å². The highest BCUT2D eigenvalue weighted by Gasteiger charge is 2.22. The predicted molar refractivity (Wildman–Crippen MR) is 279 cm³/mol. The third kappa shape index (κ3) is 6.45. The van der Waals surface area contributed by atoms with Gasteiger partial charge < -0.3 is 13.7 Å². The molecule has 0 N–H and O–H groups in total. The Kier molecular flexibility index (Phi) is 9.20. The van der Waals surface area contributed by atoms with E-state index >= 15 is 0 Å². The van der Waals surface area contributed by atoms with Crippen LogP contribution < -0.4 is 0 Å². The molecule has 0 aliphatic rings. The molecule has 0 spiro atoms. The van der Waals surface area contributed by atoms with E-state index in [1.807, 2.05) is 146 Å². The fourth-order valence-corrected chi connectivity index (χ4v) is 10.4. The summed E-state index contributed by atoms with van der Waals surface area (Å²) in [5.74, 6) is -0.886. The molecule has 324 valence electrons. The SMILES string of the molecule is O=C(c1ccc(-n2c3ccccc3c3ccccc32)cc1)c1cc(C(=O)c2ccc(-n3c4ccccc4c4ccccc43)cc2)cc(C(=O)c2ccc(-n3c4ccccc4c4ccccc43)cc2)c1. The molecule has 0 saturated carbocycles. The van der Waals surface area contributed by atoms with Crippen molar-refractivity contribution in [2.45, 2.75) is 0 Å². The summed E-state index contributed by atoms with van der Waals surface area (Å²) in [5, 5.41) is 6.89. The van der Waals surface area contributed by atoms with Crippen LogP contribution in [0.25, 0.3) is 82.5 Å². The van der Waals surface area contributed by atoms with Crippen LogP contribution in [0.5, 0.6) is 0 Å². The lowest BCUT2D eigenvalue weighted by molar-refractivity contribution is 0.103. The van der Waals surface area contributed by atoms with Gasteiger partial charge in [0.05, 0.1) is 33.1 Å². The van der Waals surface area contributed by atoms with Gasteiger partial charge in [-0.05, 0) is 127 Å². The molecule has 13 rings (SSSR count). The van der Waals surface area contributed by atoms with Gasteiger partial charge in [0.1, 0.15) is 0 Å². The van der Waals surface area contributed by atoms with Crippen molar-refractivity contribution in [3.05, 3.63) is 270 Å². The van der Waals surface area contributed by atoms with Gasteiger partial charge in [-0.3, -0.25) is 14.4 Å². The van der Waals surface area contributed by atoms with Gasteiger partial charge in [-0.25, -0.2) is 0 Å². The van der Waals surface area contributed by atoms with E-state index < -0.39 is 0 Å². The van der Waals surface area contributed by atoms with Gasteiger partial charge in [0.25, 0.3) is 0 Å². The number of fused-ring (bicyclic) bond motifs is 9. The molecule has 0 atom stereocenters. The average Bonchev–Trinajstić information content (AvgIpc) is 4.06. The highest BCUT2D eigenvalue weighted by atomic mass is 16.1. The minimum atomic E-state index is -0.295. The monoisotopic (exact) mass is 885 g/mol. The van der Waals surface area contributed by atoms with Crippen LogP contribution in [0.3, 0.4) is 0 Å². The second-order valence-corrected chi connectivity index (χ2v) is 17.5. The van der Waals surface area contributed by atoms with Crippen molar-refractivity contribution in [3.63, 3.8) is 0 Å². The van der Waals surface area contributed by atoms with Crippen molar-refractivity contribution in [3.8, 4) is 17.1 Å². The molecule has 0 aliphatic heterocycles. The lowest BCUT2D eigenvalue weighted by atomic mass is 9.92. The number of nitrogens with zero attached hydrogens (tertiary/aromatic N) is 3. The summed E-state index contributed by atoms with van der Waals surface area (Å²) in [6.07, 6.45) is 0. The topological polar surface area (TPSA) is 66.0 Å². The van der Waals surface area contributed by atoms with Crippen LogP contribution in [0.4, 0.5) is 0 Å². The van der Waals surface area contributed by atoms with Gasteiger partial charge in [0.2, 0.25) is 0 Å². The summed E-state index contributed by atoms with van der Waals surface area (Å²) in [6.45, 7) is 0. The van der Waals surface area contributed by atoms with Crippen molar-refractivity contribution in [1.29, 1.82) is 0 Å². The van der Waals surface area contributed by atoms with Gasteiger partial charge in [-0.2, -0.15) is 0 Å². The molecule has 3 aromatic heterocycles. The Bertz CT molecular complexity index is 3620. The normalized spacial score (nSPS) is 11.7. The molecule has 0 saturated heterocycles. The van der Waals surface area contributed by atoms with Crippen LogP contribution in [-0.2, 0) is 0 Å². The number of carbonyl (C=O) groups is 3. The Hall–Kier alpha value is -9.39. The molecule has 3 heterocycles. The highest BCUT2D eigenvalue weighted by molar-refractivity contribution is 6.18. The zero-order valence-corrected chi connectivity index (χ0v) is 37.1. The van der Waals surface area contributed by atoms with Crippen LogP contribution >= 0.6 is 0 Å². The lowest BCUT2D eigenvalue weighted by Crippen LogP contribution is -2.11. The fourth-order valence-electron chi connectivity index (χ4n) is 10.4. The van der Waals surface area contributed by atoms with Gasteiger partial charge in [0, 0.05) is 82.8 Å². The molecule has 0 unspecified atom stereocenters. The molecule has 0 radical (unpaired) electrons. The Balaban J connectivity index is 0.880. The van der Waals surface area contributed by atoms with E-state index in [2.05, 4.69) is 86.5 Å². The minimum Gasteiger partial charge on any atom is -0.309 e. The Morgan fingerprint density at radius 2 is 0.406 bits per heavy atom. The second kappa shape index (κ2) is 15.9. The number of benzene rings is 10. The summed E-state index contributed by atoms with van der Waals surface area (Å²) < 4.78 is 6.61. The van der Waals surface area contributed by atoms with Crippen LogP contribution in [0, 0.1) is 0 Å². The van der Waals surface area contributed by atoms with Gasteiger partial charge >= 0.3 is 0 Å². The largest absolute Gasteiger partial charge is 0.309 e. The minimum absolute atomic E-state index is 0.248. The number of hydrogen-bond donors (Lipinski definition) is 0. The number of hydrogen-bond acceptors (Lipinski definition) is 3. The number of ketones is 3. The van der Waals surface area contributed by atoms with E-state index in [1.165, 1.54) is 0 Å². The van der Waals surface area contributed by atoms with Crippen LogP contribution in [0.15, 0.2) is 237 Å². The number of aromatic nitrogens is 3. The fraction of sp³-hybridized carbons (Fsp3) is 0. The Labute approximate surface area is 396 Å². The smallest absolute Gasteiger partial charge is 0.193 e. The van der Waals surface area contributed by atoms with Crippen LogP contribution in [0.1, 0.15) is 47.8 Å². The molecule has 0 amide bonds. The summed E-state index contributed by atoms with van der Waals surface area (Å²) in [7, 11) is 0. The highest BCUT2D eigenvalue weighted by Crippen LogP contribution is 2.35. The molecule has 69 heavy (non-hydrogen) atoms. The maximum atomic E-state index is 14.6. The average molecular weight is 886 g/mol. The first-order chi connectivity index (χ1) is 34.0. The third-order valence-corrected chi connectivity index (χ3v) is 13.6. The molecule has 6 heteroatoms. The van der Waals surface area contributed by atoms with E-state index in [0.29, 0.717) is 16.7 Å². The van der Waals surface area contributed by atoms with Crippen molar-refractivity contribution in [1.82, 2.24) is 13.7 Å². The molecule has 13 aromatic rings. The first kappa shape index (κ1) is 39.9. The van der Waals surface area contributed by atoms with Crippen molar-refractivity contribution >= 4 is 82.8 Å². The lowest BCUT2D eigenvalue weighted by Gasteiger charge is -2.12. The molecular formula is C63H39N3O3. The van der Waals surface area contributed by atoms with E-state index in [0.717, 1.165) is 82.5 Å². The predicted octanol–water partition coefficient (Wildman–Crippen LogP) is 14.7. The summed E-state index contributed by atoms with van der Waals surface area (Å²) in [4.78, 5) is 43.9.